The topological polar surface area (TPSA) is 45.5 Å². The Labute approximate surface area is 89.2 Å². The lowest BCUT2D eigenvalue weighted by Gasteiger charge is -2.31. The molecule has 1 saturated heterocycles. The molecule has 2 heterocycles. The third-order valence-electron chi connectivity index (χ3n) is 2.71. The second-order valence-electron chi connectivity index (χ2n) is 4.04. The van der Waals surface area contributed by atoms with Crippen LogP contribution >= 0.6 is 0 Å². The molecule has 1 N–H and O–H groups in total. The number of nitrogens with one attached hydrogen (secondary N) is 1. The maximum atomic E-state index is 12.0. The lowest BCUT2D eigenvalue weighted by Crippen LogP contribution is -2.51. The number of hydrogen-bond acceptors (Lipinski definition) is 3. The number of rotatable bonds is 1. The standard InChI is InChI=1S/C11H16N2O2/c1-8-3-6-15-10(8)11(14)13-5-4-12-9(2)7-13/h3,6,9,12H,4-5,7H2,1-2H3/t9-/m0/s1. The summed E-state index contributed by atoms with van der Waals surface area (Å²) in [5, 5.41) is 3.30. The van der Waals surface area contributed by atoms with Crippen LogP contribution in [-0.4, -0.2) is 36.5 Å². The summed E-state index contributed by atoms with van der Waals surface area (Å²) in [6, 6.07) is 2.18. The zero-order valence-corrected chi connectivity index (χ0v) is 9.12. The summed E-state index contributed by atoms with van der Waals surface area (Å²) in [6.07, 6.45) is 1.56. The van der Waals surface area contributed by atoms with Gasteiger partial charge >= 0.3 is 0 Å². The number of amides is 1. The van der Waals surface area contributed by atoms with Crippen molar-refractivity contribution >= 4 is 5.91 Å². The quantitative estimate of drug-likeness (QED) is 0.749. The van der Waals surface area contributed by atoms with Gasteiger partial charge in [-0.1, -0.05) is 0 Å². The van der Waals surface area contributed by atoms with E-state index in [1.54, 1.807) is 6.26 Å². The molecule has 15 heavy (non-hydrogen) atoms. The van der Waals surface area contributed by atoms with E-state index in [0.717, 1.165) is 25.2 Å². The van der Waals surface area contributed by atoms with Crippen molar-refractivity contribution in [1.29, 1.82) is 0 Å². The van der Waals surface area contributed by atoms with Crippen LogP contribution in [0.2, 0.25) is 0 Å². The highest BCUT2D eigenvalue weighted by molar-refractivity contribution is 5.92. The molecule has 0 saturated carbocycles. The van der Waals surface area contributed by atoms with Gasteiger partial charge < -0.3 is 14.6 Å². The Balaban J connectivity index is 2.11. The maximum absolute atomic E-state index is 12.0. The molecular weight excluding hydrogens is 192 g/mol. The molecule has 4 nitrogen and oxygen atoms in total. The Morgan fingerprint density at radius 3 is 3.07 bits per heavy atom. The van der Waals surface area contributed by atoms with Crippen LogP contribution in [0.3, 0.4) is 0 Å². The van der Waals surface area contributed by atoms with E-state index in [1.807, 2.05) is 17.9 Å². The van der Waals surface area contributed by atoms with E-state index in [4.69, 9.17) is 4.42 Å². The van der Waals surface area contributed by atoms with Crippen molar-refractivity contribution in [2.75, 3.05) is 19.6 Å². The molecule has 0 radical (unpaired) electrons. The Bertz CT molecular complexity index is 359. The molecule has 1 atom stereocenters. The molecule has 82 valence electrons. The molecule has 1 aliphatic rings. The highest BCUT2D eigenvalue weighted by Gasteiger charge is 2.24. The lowest BCUT2D eigenvalue weighted by molar-refractivity contribution is 0.0676. The van der Waals surface area contributed by atoms with Crippen LogP contribution in [-0.2, 0) is 0 Å². The Hall–Kier alpha value is -1.29. The summed E-state index contributed by atoms with van der Waals surface area (Å²) in [5.41, 5.74) is 0.909. The lowest BCUT2D eigenvalue weighted by atomic mass is 10.2. The molecule has 1 amide bonds. The van der Waals surface area contributed by atoms with Gasteiger partial charge in [0.05, 0.1) is 6.26 Å². The van der Waals surface area contributed by atoms with Crippen molar-refractivity contribution in [3.8, 4) is 0 Å². The minimum absolute atomic E-state index is 0.00542. The molecule has 1 fully saturated rings. The molecule has 4 heteroatoms. The average molecular weight is 208 g/mol. The van der Waals surface area contributed by atoms with Gasteiger partial charge in [-0.15, -0.1) is 0 Å². The summed E-state index contributed by atoms with van der Waals surface area (Å²) < 4.78 is 5.20. The van der Waals surface area contributed by atoms with Gasteiger partial charge in [-0.2, -0.15) is 0 Å². The van der Waals surface area contributed by atoms with Gasteiger partial charge in [0.2, 0.25) is 0 Å². The van der Waals surface area contributed by atoms with E-state index in [1.165, 1.54) is 0 Å². The molecule has 1 aromatic rings. The van der Waals surface area contributed by atoms with E-state index in [2.05, 4.69) is 12.2 Å². The molecule has 0 aromatic carbocycles. The fourth-order valence-electron chi connectivity index (χ4n) is 1.85. The number of carbonyl (C=O) groups excluding carboxylic acids is 1. The fraction of sp³-hybridized carbons (Fsp3) is 0.545. The summed E-state index contributed by atoms with van der Waals surface area (Å²) in [6.45, 7) is 6.33. The van der Waals surface area contributed by atoms with Crippen LogP contribution in [0.4, 0.5) is 0 Å². The number of hydrogen-bond donors (Lipinski definition) is 1. The molecule has 1 aliphatic heterocycles. The summed E-state index contributed by atoms with van der Waals surface area (Å²) >= 11 is 0. The predicted molar refractivity (Wildman–Crippen MR) is 56.8 cm³/mol. The third-order valence-corrected chi connectivity index (χ3v) is 2.71. The average Bonchev–Trinajstić information content (AvgIpc) is 2.63. The Morgan fingerprint density at radius 1 is 1.67 bits per heavy atom. The van der Waals surface area contributed by atoms with E-state index >= 15 is 0 Å². The number of carbonyl (C=O) groups is 1. The molecule has 0 spiro atoms. The number of furan rings is 1. The van der Waals surface area contributed by atoms with Gasteiger partial charge in [0.25, 0.3) is 5.91 Å². The first-order valence-electron chi connectivity index (χ1n) is 5.25. The van der Waals surface area contributed by atoms with Crippen molar-refractivity contribution in [3.05, 3.63) is 23.7 Å². The summed E-state index contributed by atoms with van der Waals surface area (Å²) in [7, 11) is 0. The highest BCUT2D eigenvalue weighted by Crippen LogP contribution is 2.13. The first-order chi connectivity index (χ1) is 7.18. The number of nitrogens with zero attached hydrogens (tertiary/aromatic N) is 1. The highest BCUT2D eigenvalue weighted by atomic mass is 16.3. The van der Waals surface area contributed by atoms with Crippen molar-refractivity contribution in [2.24, 2.45) is 0 Å². The van der Waals surface area contributed by atoms with E-state index < -0.39 is 0 Å². The Morgan fingerprint density at radius 2 is 2.47 bits per heavy atom. The van der Waals surface area contributed by atoms with Crippen LogP contribution in [0.5, 0.6) is 0 Å². The smallest absolute Gasteiger partial charge is 0.289 e. The molecule has 1 aromatic heterocycles. The van der Waals surface area contributed by atoms with Crippen LogP contribution in [0.25, 0.3) is 0 Å². The normalized spacial score (nSPS) is 21.7. The predicted octanol–water partition coefficient (Wildman–Crippen LogP) is 1.02. The van der Waals surface area contributed by atoms with Crippen LogP contribution in [0.15, 0.2) is 16.7 Å². The number of piperazine rings is 1. The molecule has 0 aliphatic carbocycles. The van der Waals surface area contributed by atoms with Crippen LogP contribution in [0, 0.1) is 6.92 Å². The molecule has 0 unspecified atom stereocenters. The number of aryl methyl sites for hydroxylation is 1. The zero-order valence-electron chi connectivity index (χ0n) is 9.12. The largest absolute Gasteiger partial charge is 0.459 e. The Kier molecular flexibility index (Phi) is 2.77. The second-order valence-corrected chi connectivity index (χ2v) is 4.04. The first kappa shape index (κ1) is 10.2. The second kappa shape index (κ2) is 4.06. The van der Waals surface area contributed by atoms with Crippen molar-refractivity contribution in [3.63, 3.8) is 0 Å². The van der Waals surface area contributed by atoms with Gasteiger partial charge in [0.15, 0.2) is 5.76 Å². The van der Waals surface area contributed by atoms with Crippen molar-refractivity contribution < 1.29 is 9.21 Å². The monoisotopic (exact) mass is 208 g/mol. The summed E-state index contributed by atoms with van der Waals surface area (Å²) in [4.78, 5) is 13.9. The van der Waals surface area contributed by atoms with Crippen molar-refractivity contribution in [1.82, 2.24) is 10.2 Å². The van der Waals surface area contributed by atoms with Crippen LogP contribution < -0.4 is 5.32 Å². The molecular formula is C11H16N2O2. The SMILES string of the molecule is Cc1ccoc1C(=O)N1CCN[C@@H](C)C1. The molecule has 0 bridgehead atoms. The van der Waals surface area contributed by atoms with Gasteiger partial charge in [0, 0.05) is 31.2 Å². The minimum Gasteiger partial charge on any atom is -0.459 e. The fourth-order valence-corrected chi connectivity index (χ4v) is 1.85. The van der Waals surface area contributed by atoms with Gasteiger partial charge in [-0.05, 0) is 19.9 Å². The summed E-state index contributed by atoms with van der Waals surface area (Å²) in [5.74, 6) is 0.481. The van der Waals surface area contributed by atoms with Crippen molar-refractivity contribution in [2.45, 2.75) is 19.9 Å². The third kappa shape index (κ3) is 2.04. The zero-order chi connectivity index (χ0) is 10.8. The first-order valence-corrected chi connectivity index (χ1v) is 5.25. The van der Waals surface area contributed by atoms with E-state index in [9.17, 15) is 4.79 Å². The van der Waals surface area contributed by atoms with E-state index in [0.29, 0.717) is 11.8 Å². The minimum atomic E-state index is 0.00542. The van der Waals surface area contributed by atoms with Gasteiger partial charge in [0.1, 0.15) is 0 Å². The maximum Gasteiger partial charge on any atom is 0.289 e. The van der Waals surface area contributed by atoms with E-state index in [-0.39, 0.29) is 5.91 Å². The van der Waals surface area contributed by atoms with Gasteiger partial charge in [-0.3, -0.25) is 4.79 Å². The molecule has 2 rings (SSSR count). The van der Waals surface area contributed by atoms with Crippen LogP contribution in [0.1, 0.15) is 23.0 Å². The van der Waals surface area contributed by atoms with Gasteiger partial charge in [-0.25, -0.2) is 0 Å².